The number of hydrogen-bond acceptors (Lipinski definition) is 3. The fraction of sp³-hybridized carbons (Fsp3) is 0.562. The first-order chi connectivity index (χ1) is 9.72. The summed E-state index contributed by atoms with van der Waals surface area (Å²) in [6.45, 7) is 4.02. The first kappa shape index (κ1) is 15.0. The van der Waals surface area contributed by atoms with Gasteiger partial charge in [-0.15, -0.1) is 0 Å². The van der Waals surface area contributed by atoms with Gasteiger partial charge in [0.25, 0.3) is 0 Å². The number of aliphatic hydroxyl groups excluding tert-OH is 1. The van der Waals surface area contributed by atoms with Crippen LogP contribution in [0.4, 0.5) is 0 Å². The molecule has 2 N–H and O–H groups in total. The normalized spacial score (nSPS) is 18.0. The first-order valence-corrected chi connectivity index (χ1v) is 7.41. The van der Waals surface area contributed by atoms with Crippen LogP contribution < -0.4 is 5.32 Å². The summed E-state index contributed by atoms with van der Waals surface area (Å²) in [6.07, 6.45) is 2.94. The molecule has 1 atom stereocenters. The predicted octanol–water partition coefficient (Wildman–Crippen LogP) is 1.50. The van der Waals surface area contributed by atoms with Crippen LogP contribution in [0, 0.1) is 0 Å². The predicted molar refractivity (Wildman–Crippen MR) is 79.3 cm³/mol. The van der Waals surface area contributed by atoms with Gasteiger partial charge in [-0.3, -0.25) is 10.1 Å². The maximum atomic E-state index is 12.1. The monoisotopic (exact) mass is 276 g/mol. The largest absolute Gasteiger partial charge is 0.394 e. The van der Waals surface area contributed by atoms with Crippen LogP contribution in [0.3, 0.4) is 0 Å². The van der Waals surface area contributed by atoms with Crippen molar-refractivity contribution < 1.29 is 9.90 Å². The molecule has 1 unspecified atom stereocenters. The van der Waals surface area contributed by atoms with Gasteiger partial charge in [-0.05, 0) is 24.8 Å². The Bertz CT molecular complexity index is 423. The van der Waals surface area contributed by atoms with E-state index in [2.05, 4.69) is 5.32 Å². The average Bonchev–Trinajstić information content (AvgIpc) is 3.04. The zero-order valence-electron chi connectivity index (χ0n) is 12.1. The van der Waals surface area contributed by atoms with Crippen molar-refractivity contribution >= 4 is 5.91 Å². The highest BCUT2D eigenvalue weighted by molar-refractivity contribution is 5.78. The van der Waals surface area contributed by atoms with Crippen LogP contribution in [0.15, 0.2) is 30.3 Å². The molecule has 0 bridgehead atoms. The third kappa shape index (κ3) is 3.19. The van der Waals surface area contributed by atoms with Gasteiger partial charge in [-0.1, -0.05) is 37.3 Å². The Morgan fingerprint density at radius 1 is 1.30 bits per heavy atom. The zero-order chi connectivity index (χ0) is 14.4. The maximum Gasteiger partial charge on any atom is 0.236 e. The minimum Gasteiger partial charge on any atom is -0.394 e. The van der Waals surface area contributed by atoms with Crippen molar-refractivity contribution in [2.75, 3.05) is 26.2 Å². The highest BCUT2D eigenvalue weighted by Crippen LogP contribution is 2.24. The van der Waals surface area contributed by atoms with Crippen LogP contribution in [0.25, 0.3) is 0 Å². The number of aliphatic hydroxyl groups is 1. The molecule has 4 heteroatoms. The van der Waals surface area contributed by atoms with E-state index in [4.69, 9.17) is 0 Å². The van der Waals surface area contributed by atoms with E-state index in [1.54, 1.807) is 0 Å². The summed E-state index contributed by atoms with van der Waals surface area (Å²) in [6, 6.07) is 9.86. The molecule has 4 nitrogen and oxygen atoms in total. The Kier molecular flexibility index (Phi) is 5.15. The van der Waals surface area contributed by atoms with Gasteiger partial charge >= 0.3 is 0 Å². The van der Waals surface area contributed by atoms with Crippen LogP contribution >= 0.6 is 0 Å². The molecule has 1 aliphatic heterocycles. The lowest BCUT2D eigenvalue weighted by atomic mass is 9.88. The molecule has 0 saturated carbocycles. The molecule has 1 aliphatic rings. The van der Waals surface area contributed by atoms with Gasteiger partial charge in [-0.2, -0.15) is 0 Å². The van der Waals surface area contributed by atoms with Gasteiger partial charge in [-0.25, -0.2) is 0 Å². The van der Waals surface area contributed by atoms with Crippen molar-refractivity contribution in [2.24, 2.45) is 0 Å². The van der Waals surface area contributed by atoms with Gasteiger partial charge in [0.15, 0.2) is 0 Å². The lowest BCUT2D eigenvalue weighted by Gasteiger charge is -2.33. The third-order valence-electron chi connectivity index (χ3n) is 4.24. The number of nitrogens with one attached hydrogen (secondary N) is 1. The van der Waals surface area contributed by atoms with Crippen molar-refractivity contribution in [1.82, 2.24) is 10.2 Å². The Hall–Kier alpha value is -1.39. The topological polar surface area (TPSA) is 52.6 Å². The van der Waals surface area contributed by atoms with E-state index in [-0.39, 0.29) is 19.1 Å². The molecule has 1 heterocycles. The number of carbonyl (C=O) groups excluding carboxylic acids is 1. The van der Waals surface area contributed by atoms with Gasteiger partial charge < -0.3 is 10.0 Å². The van der Waals surface area contributed by atoms with E-state index in [9.17, 15) is 9.90 Å². The maximum absolute atomic E-state index is 12.1. The minimum atomic E-state index is -0.531. The summed E-state index contributed by atoms with van der Waals surface area (Å²) in [7, 11) is 0. The number of carbonyl (C=O) groups is 1. The van der Waals surface area contributed by atoms with Crippen molar-refractivity contribution in [3.8, 4) is 0 Å². The minimum absolute atomic E-state index is 0.0131. The van der Waals surface area contributed by atoms with E-state index in [0.29, 0.717) is 0 Å². The molecule has 1 aromatic carbocycles. The van der Waals surface area contributed by atoms with Gasteiger partial charge in [0.2, 0.25) is 5.91 Å². The second-order valence-corrected chi connectivity index (χ2v) is 5.40. The van der Waals surface area contributed by atoms with Crippen LogP contribution in [0.1, 0.15) is 31.7 Å². The molecule has 0 radical (unpaired) electrons. The SMILES string of the molecule is CCC(CO)(NCC(=O)N1CCCC1)c1ccccc1. The fourth-order valence-electron chi connectivity index (χ4n) is 2.77. The molecule has 0 spiro atoms. The second kappa shape index (κ2) is 6.86. The van der Waals surface area contributed by atoms with Crippen LogP contribution in [-0.2, 0) is 10.3 Å². The Balaban J connectivity index is 2.04. The van der Waals surface area contributed by atoms with Crippen LogP contribution in [-0.4, -0.2) is 42.2 Å². The average molecular weight is 276 g/mol. The summed E-state index contributed by atoms with van der Waals surface area (Å²) in [4.78, 5) is 14.0. The number of likely N-dealkylation sites (tertiary alicyclic amines) is 1. The van der Waals surface area contributed by atoms with Gasteiger partial charge in [0.1, 0.15) is 0 Å². The quantitative estimate of drug-likeness (QED) is 0.828. The molecule has 1 saturated heterocycles. The first-order valence-electron chi connectivity index (χ1n) is 7.41. The molecule has 20 heavy (non-hydrogen) atoms. The van der Waals surface area contributed by atoms with Crippen LogP contribution in [0.5, 0.6) is 0 Å². The number of amides is 1. The van der Waals surface area contributed by atoms with Gasteiger partial charge in [0.05, 0.1) is 18.7 Å². The Labute approximate surface area is 120 Å². The van der Waals surface area contributed by atoms with E-state index in [1.165, 1.54) is 0 Å². The van der Waals surface area contributed by atoms with E-state index in [0.717, 1.165) is 37.9 Å². The lowest BCUT2D eigenvalue weighted by molar-refractivity contribution is -0.129. The van der Waals surface area contributed by atoms with E-state index < -0.39 is 5.54 Å². The summed E-state index contributed by atoms with van der Waals surface area (Å²) >= 11 is 0. The van der Waals surface area contributed by atoms with Crippen LogP contribution in [0.2, 0.25) is 0 Å². The van der Waals surface area contributed by atoms with E-state index in [1.807, 2.05) is 42.2 Å². The molecule has 1 amide bonds. The number of nitrogens with zero attached hydrogens (tertiary/aromatic N) is 1. The van der Waals surface area contributed by atoms with Crippen molar-refractivity contribution in [1.29, 1.82) is 0 Å². The molecule has 2 rings (SSSR count). The molecule has 0 aromatic heterocycles. The molecule has 1 fully saturated rings. The fourth-order valence-corrected chi connectivity index (χ4v) is 2.77. The summed E-state index contributed by atoms with van der Waals surface area (Å²) in [5.74, 6) is 0.129. The molecule has 110 valence electrons. The zero-order valence-corrected chi connectivity index (χ0v) is 12.1. The molecule has 0 aliphatic carbocycles. The standard InChI is InChI=1S/C16H24N2O2/c1-2-16(13-19,14-8-4-3-5-9-14)17-12-15(20)18-10-6-7-11-18/h3-5,8-9,17,19H,2,6-7,10-13H2,1H3. The smallest absolute Gasteiger partial charge is 0.236 e. The molecular formula is C16H24N2O2. The number of hydrogen-bond donors (Lipinski definition) is 2. The number of benzene rings is 1. The van der Waals surface area contributed by atoms with Crippen molar-refractivity contribution in [3.63, 3.8) is 0 Å². The molecule has 1 aromatic rings. The summed E-state index contributed by atoms with van der Waals surface area (Å²) < 4.78 is 0. The van der Waals surface area contributed by atoms with Crippen molar-refractivity contribution in [3.05, 3.63) is 35.9 Å². The third-order valence-corrected chi connectivity index (χ3v) is 4.24. The Morgan fingerprint density at radius 3 is 2.50 bits per heavy atom. The van der Waals surface area contributed by atoms with Gasteiger partial charge in [0, 0.05) is 13.1 Å². The molecular weight excluding hydrogens is 252 g/mol. The second-order valence-electron chi connectivity index (χ2n) is 5.40. The summed E-state index contributed by atoms with van der Waals surface area (Å²) in [5, 5.41) is 13.1. The highest BCUT2D eigenvalue weighted by atomic mass is 16.3. The number of rotatable bonds is 6. The Morgan fingerprint density at radius 2 is 1.95 bits per heavy atom. The summed E-state index contributed by atoms with van der Waals surface area (Å²) in [5.41, 5.74) is 0.496. The highest BCUT2D eigenvalue weighted by Gasteiger charge is 2.30. The van der Waals surface area contributed by atoms with E-state index >= 15 is 0 Å². The van der Waals surface area contributed by atoms with Crippen molar-refractivity contribution in [2.45, 2.75) is 31.7 Å². The lowest BCUT2D eigenvalue weighted by Crippen LogP contribution is -2.49.